The normalized spacial score (nSPS) is 12.0. The van der Waals surface area contributed by atoms with Gasteiger partial charge in [-0.2, -0.15) is 5.10 Å². The number of nitrogens with zero attached hydrogens (tertiary/aromatic N) is 1. The van der Waals surface area contributed by atoms with Crippen molar-refractivity contribution in [1.82, 2.24) is 15.5 Å². The number of carbonyl (C=O) groups excluding carboxylic acids is 1. The van der Waals surface area contributed by atoms with Gasteiger partial charge in [-0.3, -0.25) is 10.1 Å². The standard InChI is InChI=1S/C13H12N4O4/c18-12-4-3-11(16-17-12)15-13(19)14-6-8-1-2-9-10(5-8)21-7-20-9/h1-5H,6-7H2,(H,17,18)(H2,14,15,16,19). The van der Waals surface area contributed by atoms with Crippen molar-refractivity contribution in [1.29, 1.82) is 0 Å². The fourth-order valence-electron chi connectivity index (χ4n) is 1.81. The molecule has 0 saturated carbocycles. The number of amides is 2. The maximum absolute atomic E-state index is 11.7. The van der Waals surface area contributed by atoms with Gasteiger partial charge < -0.3 is 14.8 Å². The third-order valence-electron chi connectivity index (χ3n) is 2.81. The SMILES string of the molecule is O=C(NCc1ccc2c(c1)OCO2)Nc1ccc(=O)[nH]n1. The highest BCUT2D eigenvalue weighted by atomic mass is 16.7. The van der Waals surface area contributed by atoms with E-state index < -0.39 is 6.03 Å². The summed E-state index contributed by atoms with van der Waals surface area (Å²) in [7, 11) is 0. The summed E-state index contributed by atoms with van der Waals surface area (Å²) < 4.78 is 10.5. The Morgan fingerprint density at radius 2 is 2.10 bits per heavy atom. The Kier molecular flexibility index (Phi) is 3.42. The second-order valence-electron chi connectivity index (χ2n) is 4.30. The zero-order chi connectivity index (χ0) is 14.7. The van der Waals surface area contributed by atoms with Gasteiger partial charge in [0.25, 0.3) is 5.56 Å². The molecule has 0 unspecified atom stereocenters. The molecule has 3 N–H and O–H groups in total. The van der Waals surface area contributed by atoms with Crippen LogP contribution < -0.4 is 25.7 Å². The number of urea groups is 1. The van der Waals surface area contributed by atoms with E-state index in [0.29, 0.717) is 18.0 Å². The van der Waals surface area contributed by atoms with Gasteiger partial charge in [0.1, 0.15) is 0 Å². The van der Waals surface area contributed by atoms with Gasteiger partial charge >= 0.3 is 6.03 Å². The summed E-state index contributed by atoms with van der Waals surface area (Å²) in [6.45, 7) is 0.538. The van der Waals surface area contributed by atoms with Crippen molar-refractivity contribution < 1.29 is 14.3 Å². The lowest BCUT2D eigenvalue weighted by molar-refractivity contribution is 0.174. The summed E-state index contributed by atoms with van der Waals surface area (Å²) >= 11 is 0. The molecule has 1 aromatic heterocycles. The summed E-state index contributed by atoms with van der Waals surface area (Å²) in [5.74, 6) is 1.62. The van der Waals surface area contributed by atoms with Gasteiger partial charge in [-0.15, -0.1) is 0 Å². The third kappa shape index (κ3) is 3.11. The summed E-state index contributed by atoms with van der Waals surface area (Å²) in [6.07, 6.45) is 0. The van der Waals surface area contributed by atoms with Gasteiger partial charge in [0, 0.05) is 12.6 Å². The summed E-state index contributed by atoms with van der Waals surface area (Å²) in [4.78, 5) is 22.5. The minimum atomic E-state index is -0.424. The first-order valence-electron chi connectivity index (χ1n) is 6.20. The molecule has 2 aromatic rings. The highest BCUT2D eigenvalue weighted by Crippen LogP contribution is 2.32. The van der Waals surface area contributed by atoms with Crippen LogP contribution in [0.4, 0.5) is 10.6 Å². The number of benzene rings is 1. The second-order valence-corrected chi connectivity index (χ2v) is 4.30. The number of hydrogen-bond donors (Lipinski definition) is 3. The van der Waals surface area contributed by atoms with Gasteiger partial charge in [-0.1, -0.05) is 6.07 Å². The van der Waals surface area contributed by atoms with Gasteiger partial charge in [0.05, 0.1) is 0 Å². The smallest absolute Gasteiger partial charge is 0.320 e. The Balaban J connectivity index is 1.56. The van der Waals surface area contributed by atoms with Gasteiger partial charge in [-0.05, 0) is 23.8 Å². The molecule has 8 nitrogen and oxygen atoms in total. The van der Waals surface area contributed by atoms with Crippen molar-refractivity contribution in [2.45, 2.75) is 6.54 Å². The molecule has 21 heavy (non-hydrogen) atoms. The molecule has 1 aliphatic heterocycles. The highest BCUT2D eigenvalue weighted by molar-refractivity contribution is 5.87. The minimum Gasteiger partial charge on any atom is -0.454 e. The summed E-state index contributed by atoms with van der Waals surface area (Å²) in [5, 5.41) is 11.1. The molecule has 3 rings (SSSR count). The van der Waals surface area contributed by atoms with E-state index >= 15 is 0 Å². The van der Waals surface area contributed by atoms with E-state index in [9.17, 15) is 9.59 Å². The Morgan fingerprint density at radius 3 is 2.90 bits per heavy atom. The van der Waals surface area contributed by atoms with E-state index in [1.165, 1.54) is 12.1 Å². The number of carbonyl (C=O) groups is 1. The maximum atomic E-state index is 11.7. The van der Waals surface area contributed by atoms with E-state index in [1.807, 2.05) is 6.07 Å². The lowest BCUT2D eigenvalue weighted by atomic mass is 10.2. The second kappa shape index (κ2) is 5.53. The molecule has 0 spiro atoms. The molecule has 108 valence electrons. The lowest BCUT2D eigenvalue weighted by Gasteiger charge is -2.07. The van der Waals surface area contributed by atoms with Crippen LogP contribution in [0.3, 0.4) is 0 Å². The number of rotatable bonds is 3. The number of nitrogens with one attached hydrogen (secondary N) is 3. The summed E-state index contributed by atoms with van der Waals surface area (Å²) in [5.41, 5.74) is 0.546. The van der Waals surface area contributed by atoms with E-state index in [-0.39, 0.29) is 18.2 Å². The van der Waals surface area contributed by atoms with Crippen LogP contribution in [0.2, 0.25) is 0 Å². The zero-order valence-electron chi connectivity index (χ0n) is 10.9. The average molecular weight is 288 g/mol. The first-order chi connectivity index (χ1) is 10.2. The van der Waals surface area contributed by atoms with Crippen molar-refractivity contribution in [3.8, 4) is 11.5 Å². The highest BCUT2D eigenvalue weighted by Gasteiger charge is 2.13. The number of aromatic nitrogens is 2. The predicted molar refractivity (Wildman–Crippen MR) is 73.3 cm³/mol. The fraction of sp³-hybridized carbons (Fsp3) is 0.154. The molecule has 0 saturated heterocycles. The van der Waals surface area contributed by atoms with Gasteiger partial charge in [-0.25, -0.2) is 9.89 Å². The molecule has 8 heteroatoms. The molecule has 2 heterocycles. The van der Waals surface area contributed by atoms with Crippen LogP contribution in [0.5, 0.6) is 11.5 Å². The van der Waals surface area contributed by atoms with Crippen molar-refractivity contribution in [2.75, 3.05) is 12.1 Å². The molecule has 0 aliphatic carbocycles. The Morgan fingerprint density at radius 1 is 1.24 bits per heavy atom. The van der Waals surface area contributed by atoms with E-state index in [1.54, 1.807) is 12.1 Å². The van der Waals surface area contributed by atoms with Crippen molar-refractivity contribution in [2.24, 2.45) is 0 Å². The number of ether oxygens (including phenoxy) is 2. The average Bonchev–Trinajstić information content (AvgIpc) is 2.95. The van der Waals surface area contributed by atoms with E-state index in [0.717, 1.165) is 5.56 Å². The van der Waals surface area contributed by atoms with Gasteiger partial charge in [0.2, 0.25) is 6.79 Å². The first-order valence-corrected chi connectivity index (χ1v) is 6.20. The maximum Gasteiger partial charge on any atom is 0.320 e. The topological polar surface area (TPSA) is 105 Å². The lowest BCUT2D eigenvalue weighted by Crippen LogP contribution is -2.29. The molecule has 2 amide bonds. The van der Waals surface area contributed by atoms with Crippen molar-refractivity contribution in [3.05, 3.63) is 46.2 Å². The molecule has 0 bridgehead atoms. The Labute approximate surface area is 119 Å². The first kappa shape index (κ1) is 13.0. The zero-order valence-corrected chi connectivity index (χ0v) is 10.9. The molecular formula is C13H12N4O4. The minimum absolute atomic E-state index is 0.213. The third-order valence-corrected chi connectivity index (χ3v) is 2.81. The van der Waals surface area contributed by atoms with Crippen LogP contribution in [0.25, 0.3) is 0 Å². The van der Waals surface area contributed by atoms with E-state index in [2.05, 4.69) is 20.8 Å². The molecule has 0 atom stereocenters. The van der Waals surface area contributed by atoms with Crippen LogP contribution in [-0.4, -0.2) is 23.0 Å². The fourth-order valence-corrected chi connectivity index (χ4v) is 1.81. The predicted octanol–water partition coefficient (Wildman–Crippen LogP) is 0.820. The monoisotopic (exact) mass is 288 g/mol. The molecule has 1 aromatic carbocycles. The Hall–Kier alpha value is -3.03. The van der Waals surface area contributed by atoms with Crippen LogP contribution in [0.15, 0.2) is 35.1 Å². The number of anilines is 1. The van der Waals surface area contributed by atoms with Crippen molar-refractivity contribution >= 4 is 11.8 Å². The van der Waals surface area contributed by atoms with E-state index in [4.69, 9.17) is 9.47 Å². The molecule has 0 radical (unpaired) electrons. The Bertz CT molecular complexity index is 708. The largest absolute Gasteiger partial charge is 0.454 e. The number of fused-ring (bicyclic) bond motifs is 1. The molecule has 0 fully saturated rings. The molecular weight excluding hydrogens is 276 g/mol. The van der Waals surface area contributed by atoms with Gasteiger partial charge in [0.15, 0.2) is 17.3 Å². The van der Waals surface area contributed by atoms with Crippen molar-refractivity contribution in [3.63, 3.8) is 0 Å². The quantitative estimate of drug-likeness (QED) is 0.775. The van der Waals surface area contributed by atoms with Crippen LogP contribution in [0.1, 0.15) is 5.56 Å². The summed E-state index contributed by atoms with van der Waals surface area (Å²) in [6, 6.07) is 7.71. The van der Waals surface area contributed by atoms with Crippen LogP contribution in [0, 0.1) is 0 Å². The van der Waals surface area contributed by atoms with Crippen LogP contribution in [-0.2, 0) is 6.54 Å². The molecule has 1 aliphatic rings. The number of aromatic amines is 1. The van der Waals surface area contributed by atoms with Crippen LogP contribution >= 0.6 is 0 Å². The number of H-pyrrole nitrogens is 1. The number of hydrogen-bond acceptors (Lipinski definition) is 5.